The molecule has 2 aromatic heterocycles. The molecular weight excluding hydrogens is 253 g/mol. The highest BCUT2D eigenvalue weighted by Gasteiger charge is 2.40. The summed E-state index contributed by atoms with van der Waals surface area (Å²) < 4.78 is 37.6. The van der Waals surface area contributed by atoms with Gasteiger partial charge in [0.1, 0.15) is 0 Å². The van der Waals surface area contributed by atoms with E-state index in [2.05, 4.69) is 15.2 Å². The number of carboxylic acid groups (broad SMARTS) is 1. The molecule has 2 rings (SSSR count). The Labute approximate surface area is 97.7 Å². The van der Waals surface area contributed by atoms with Crippen LogP contribution in [0.5, 0.6) is 0 Å². The van der Waals surface area contributed by atoms with E-state index in [1.54, 1.807) is 6.07 Å². The number of alkyl halides is 3. The quantitative estimate of drug-likeness (QED) is 0.880. The van der Waals surface area contributed by atoms with Crippen molar-refractivity contribution in [2.24, 2.45) is 0 Å². The first-order valence-electron chi connectivity index (χ1n) is 4.59. The van der Waals surface area contributed by atoms with Crippen molar-refractivity contribution in [3.05, 3.63) is 35.8 Å². The molecule has 0 amide bonds. The fraction of sp³-hybridized carbons (Fsp3) is 0.111. The van der Waals surface area contributed by atoms with Gasteiger partial charge < -0.3 is 5.11 Å². The predicted octanol–water partition coefficient (Wildman–Crippen LogP) is 1.38. The van der Waals surface area contributed by atoms with Crippen LogP contribution < -0.4 is 0 Å². The molecule has 6 nitrogen and oxygen atoms in total. The van der Waals surface area contributed by atoms with Crippen LogP contribution >= 0.6 is 0 Å². The lowest BCUT2D eigenvalue weighted by Gasteiger charge is -2.01. The molecule has 9 heteroatoms. The summed E-state index contributed by atoms with van der Waals surface area (Å²) in [6.07, 6.45) is -3.56. The van der Waals surface area contributed by atoms with E-state index >= 15 is 0 Å². The summed E-state index contributed by atoms with van der Waals surface area (Å²) in [5.41, 5.74) is -2.71. The fourth-order valence-corrected chi connectivity index (χ4v) is 1.22. The molecule has 18 heavy (non-hydrogen) atoms. The van der Waals surface area contributed by atoms with Crippen molar-refractivity contribution >= 4 is 5.97 Å². The van der Waals surface area contributed by atoms with Gasteiger partial charge >= 0.3 is 12.1 Å². The van der Waals surface area contributed by atoms with E-state index in [0.717, 1.165) is 0 Å². The minimum absolute atomic E-state index is 0.00417. The highest BCUT2D eigenvalue weighted by Crippen LogP contribution is 2.29. The van der Waals surface area contributed by atoms with Crippen LogP contribution in [0.15, 0.2) is 24.4 Å². The van der Waals surface area contributed by atoms with E-state index in [-0.39, 0.29) is 5.82 Å². The number of nitrogens with zero attached hydrogens (tertiary/aromatic N) is 4. The molecule has 0 unspecified atom stereocenters. The molecule has 0 atom stereocenters. The van der Waals surface area contributed by atoms with Crippen molar-refractivity contribution in [1.29, 1.82) is 0 Å². The van der Waals surface area contributed by atoms with Gasteiger partial charge in [-0.25, -0.2) is 9.78 Å². The van der Waals surface area contributed by atoms with Crippen molar-refractivity contribution in [3.63, 3.8) is 0 Å². The number of carboxylic acids is 1. The Hall–Kier alpha value is -2.45. The lowest BCUT2D eigenvalue weighted by Crippen LogP contribution is -2.12. The first kappa shape index (κ1) is 12.0. The average molecular weight is 258 g/mol. The topological polar surface area (TPSA) is 80.9 Å². The molecular formula is C9H5F3N4O2. The summed E-state index contributed by atoms with van der Waals surface area (Å²) in [6.45, 7) is 0. The van der Waals surface area contributed by atoms with E-state index in [4.69, 9.17) is 5.11 Å². The van der Waals surface area contributed by atoms with Gasteiger partial charge in [0, 0.05) is 6.20 Å². The van der Waals surface area contributed by atoms with Crippen molar-refractivity contribution in [2.75, 3.05) is 0 Å². The number of aromatic nitrogens is 4. The molecule has 0 aliphatic carbocycles. The van der Waals surface area contributed by atoms with Gasteiger partial charge in [0.25, 0.3) is 0 Å². The third kappa shape index (κ3) is 2.14. The summed E-state index contributed by atoms with van der Waals surface area (Å²) >= 11 is 0. The van der Waals surface area contributed by atoms with Crippen molar-refractivity contribution < 1.29 is 23.1 Å². The maximum Gasteiger partial charge on any atom is 0.437 e. The SMILES string of the molecule is O=C(O)c1nn(-c2ccccn2)nc1C(F)(F)F. The third-order valence-electron chi connectivity index (χ3n) is 1.94. The highest BCUT2D eigenvalue weighted by atomic mass is 19.4. The van der Waals surface area contributed by atoms with Gasteiger partial charge in [-0.3, -0.25) is 0 Å². The first-order chi connectivity index (χ1) is 8.39. The molecule has 0 bridgehead atoms. The third-order valence-corrected chi connectivity index (χ3v) is 1.94. The Morgan fingerprint density at radius 2 is 2.00 bits per heavy atom. The number of halogens is 3. The summed E-state index contributed by atoms with van der Waals surface area (Å²) in [7, 11) is 0. The molecule has 0 radical (unpaired) electrons. The molecule has 0 spiro atoms. The monoisotopic (exact) mass is 258 g/mol. The number of rotatable bonds is 2. The van der Waals surface area contributed by atoms with Crippen molar-refractivity contribution in [1.82, 2.24) is 20.0 Å². The highest BCUT2D eigenvalue weighted by molar-refractivity contribution is 5.86. The Morgan fingerprint density at radius 1 is 1.28 bits per heavy atom. The Balaban J connectivity index is 2.57. The van der Waals surface area contributed by atoms with E-state index in [1.807, 2.05) is 0 Å². The lowest BCUT2D eigenvalue weighted by molar-refractivity contribution is -0.141. The van der Waals surface area contributed by atoms with Gasteiger partial charge in [0.2, 0.25) is 11.4 Å². The number of hydrogen-bond donors (Lipinski definition) is 1. The molecule has 0 aliphatic heterocycles. The number of carbonyl (C=O) groups is 1. The van der Waals surface area contributed by atoms with E-state index in [1.165, 1.54) is 18.3 Å². The maximum absolute atomic E-state index is 12.5. The van der Waals surface area contributed by atoms with Gasteiger partial charge in [-0.15, -0.1) is 15.0 Å². The van der Waals surface area contributed by atoms with Crippen LogP contribution in [0.2, 0.25) is 0 Å². The number of pyridine rings is 1. The molecule has 0 saturated carbocycles. The molecule has 0 saturated heterocycles. The lowest BCUT2D eigenvalue weighted by atomic mass is 10.3. The second-order valence-corrected chi connectivity index (χ2v) is 3.18. The summed E-state index contributed by atoms with van der Waals surface area (Å²) in [5, 5.41) is 15.0. The van der Waals surface area contributed by atoms with Crippen LogP contribution in [-0.4, -0.2) is 31.1 Å². The minimum Gasteiger partial charge on any atom is -0.476 e. The van der Waals surface area contributed by atoms with E-state index in [0.29, 0.717) is 4.80 Å². The molecule has 0 aliphatic rings. The van der Waals surface area contributed by atoms with Crippen LogP contribution in [0, 0.1) is 0 Å². The van der Waals surface area contributed by atoms with Gasteiger partial charge in [-0.05, 0) is 12.1 Å². The van der Waals surface area contributed by atoms with Gasteiger partial charge in [0.15, 0.2) is 5.82 Å². The second-order valence-electron chi connectivity index (χ2n) is 3.18. The molecule has 2 aromatic rings. The summed E-state index contributed by atoms with van der Waals surface area (Å²) in [5.74, 6) is -1.81. The van der Waals surface area contributed by atoms with Crippen LogP contribution in [-0.2, 0) is 6.18 Å². The maximum atomic E-state index is 12.5. The standard InChI is InChI=1S/C9H5F3N4O2/c10-9(11,12)7-6(8(17)18)14-16(15-7)5-3-1-2-4-13-5/h1-4H,(H,17,18). The molecule has 2 heterocycles. The van der Waals surface area contributed by atoms with Crippen LogP contribution in [0.3, 0.4) is 0 Å². The van der Waals surface area contributed by atoms with Crippen LogP contribution in [0.4, 0.5) is 13.2 Å². The normalized spacial score (nSPS) is 11.5. The van der Waals surface area contributed by atoms with Gasteiger partial charge in [0.05, 0.1) is 0 Å². The van der Waals surface area contributed by atoms with E-state index < -0.39 is 23.5 Å². The molecule has 0 fully saturated rings. The molecule has 1 N–H and O–H groups in total. The first-order valence-corrected chi connectivity index (χ1v) is 4.59. The van der Waals surface area contributed by atoms with E-state index in [9.17, 15) is 18.0 Å². The summed E-state index contributed by atoms with van der Waals surface area (Å²) in [4.78, 5) is 14.9. The largest absolute Gasteiger partial charge is 0.476 e. The number of aromatic carboxylic acids is 1. The zero-order valence-corrected chi connectivity index (χ0v) is 8.59. The average Bonchev–Trinajstić information content (AvgIpc) is 2.74. The number of hydrogen-bond acceptors (Lipinski definition) is 4. The Morgan fingerprint density at radius 3 is 2.44 bits per heavy atom. The van der Waals surface area contributed by atoms with Gasteiger partial charge in [-0.1, -0.05) is 6.07 Å². The zero-order chi connectivity index (χ0) is 13.3. The Kier molecular flexibility index (Phi) is 2.73. The molecule has 94 valence electrons. The van der Waals surface area contributed by atoms with Crippen LogP contribution in [0.1, 0.15) is 16.2 Å². The van der Waals surface area contributed by atoms with Crippen molar-refractivity contribution in [3.8, 4) is 5.82 Å². The smallest absolute Gasteiger partial charge is 0.437 e. The van der Waals surface area contributed by atoms with Gasteiger partial charge in [-0.2, -0.15) is 13.2 Å². The Bertz CT molecular complexity index is 579. The fourth-order valence-electron chi connectivity index (χ4n) is 1.22. The molecule has 0 aromatic carbocycles. The zero-order valence-electron chi connectivity index (χ0n) is 8.59. The second kappa shape index (κ2) is 4.09. The van der Waals surface area contributed by atoms with Crippen LogP contribution in [0.25, 0.3) is 5.82 Å². The predicted molar refractivity (Wildman–Crippen MR) is 51.1 cm³/mol. The van der Waals surface area contributed by atoms with Crippen molar-refractivity contribution in [2.45, 2.75) is 6.18 Å². The minimum atomic E-state index is -4.89. The summed E-state index contributed by atoms with van der Waals surface area (Å²) in [6, 6.07) is 4.42.